The summed E-state index contributed by atoms with van der Waals surface area (Å²) in [6, 6.07) is 4.55. The van der Waals surface area contributed by atoms with Gasteiger partial charge in [0.1, 0.15) is 5.82 Å². The Morgan fingerprint density at radius 2 is 2.21 bits per heavy atom. The van der Waals surface area contributed by atoms with Crippen molar-refractivity contribution >= 4 is 5.69 Å². The second-order valence-corrected chi connectivity index (χ2v) is 5.81. The molecular weight excluding hydrogens is 245 g/mol. The third-order valence-electron chi connectivity index (χ3n) is 3.90. The van der Waals surface area contributed by atoms with Crippen LogP contribution in [0.1, 0.15) is 20.3 Å². The van der Waals surface area contributed by atoms with Crippen molar-refractivity contribution in [3.05, 3.63) is 24.0 Å². The predicted octanol–water partition coefficient (Wildman–Crippen LogP) is 2.11. The Morgan fingerprint density at radius 3 is 2.84 bits per heavy atom. The number of benzene rings is 1. The molecule has 1 aliphatic rings. The van der Waals surface area contributed by atoms with Crippen molar-refractivity contribution in [1.29, 1.82) is 0 Å². The van der Waals surface area contributed by atoms with Gasteiger partial charge in [0.05, 0.1) is 5.69 Å². The van der Waals surface area contributed by atoms with E-state index in [1.807, 2.05) is 0 Å². The van der Waals surface area contributed by atoms with Crippen LogP contribution in [0.15, 0.2) is 18.2 Å². The summed E-state index contributed by atoms with van der Waals surface area (Å²) in [7, 11) is 0. The molecule has 2 aromatic rings. The number of nitrogens with two attached hydrogens (primary N) is 1. The van der Waals surface area contributed by atoms with Crippen LogP contribution >= 0.6 is 0 Å². The number of nitrogen functional groups attached to an aromatic ring is 1. The van der Waals surface area contributed by atoms with Crippen LogP contribution in [0.4, 0.5) is 10.1 Å². The van der Waals surface area contributed by atoms with Gasteiger partial charge in [-0.2, -0.15) is 0 Å². The molecule has 0 radical (unpaired) electrons. The molecule has 1 saturated carbocycles. The molecule has 2 N–H and O–H groups in total. The quantitative estimate of drug-likeness (QED) is 0.859. The van der Waals surface area contributed by atoms with E-state index < -0.39 is 5.82 Å². The molecule has 1 fully saturated rings. The lowest BCUT2D eigenvalue weighted by Crippen LogP contribution is -2.07. The van der Waals surface area contributed by atoms with E-state index in [-0.39, 0.29) is 5.69 Å². The van der Waals surface area contributed by atoms with Crippen LogP contribution in [-0.2, 0) is 6.54 Å². The van der Waals surface area contributed by atoms with Gasteiger partial charge in [-0.3, -0.25) is 0 Å². The summed E-state index contributed by atoms with van der Waals surface area (Å²) < 4.78 is 14.9. The summed E-state index contributed by atoms with van der Waals surface area (Å²) >= 11 is 0. The molecule has 0 saturated heterocycles. The highest BCUT2D eigenvalue weighted by molar-refractivity contribution is 5.61. The van der Waals surface area contributed by atoms with Crippen molar-refractivity contribution < 1.29 is 4.39 Å². The Kier molecular flexibility index (Phi) is 2.55. The highest BCUT2D eigenvalue weighted by Crippen LogP contribution is 2.52. The molecule has 0 bridgehead atoms. The van der Waals surface area contributed by atoms with E-state index in [9.17, 15) is 4.39 Å². The van der Waals surface area contributed by atoms with E-state index in [0.29, 0.717) is 17.2 Å². The Hall–Kier alpha value is -1.98. The molecule has 0 spiro atoms. The van der Waals surface area contributed by atoms with Crippen molar-refractivity contribution in [3.63, 3.8) is 0 Å². The van der Waals surface area contributed by atoms with E-state index in [1.54, 1.807) is 16.8 Å². The van der Waals surface area contributed by atoms with Crippen molar-refractivity contribution in [2.75, 3.05) is 5.73 Å². The second-order valence-electron chi connectivity index (χ2n) is 5.81. The van der Waals surface area contributed by atoms with Gasteiger partial charge in [0.25, 0.3) is 0 Å². The normalized spacial score (nSPS) is 20.5. The van der Waals surface area contributed by atoms with Crippen LogP contribution in [0.3, 0.4) is 0 Å². The van der Waals surface area contributed by atoms with Crippen LogP contribution in [-0.4, -0.2) is 20.2 Å². The van der Waals surface area contributed by atoms with E-state index in [1.165, 1.54) is 12.5 Å². The van der Waals surface area contributed by atoms with Crippen molar-refractivity contribution in [2.24, 2.45) is 11.3 Å². The van der Waals surface area contributed by atoms with Gasteiger partial charge in [-0.1, -0.05) is 13.8 Å². The molecule has 100 valence electrons. The van der Waals surface area contributed by atoms with Gasteiger partial charge in [-0.15, -0.1) is 5.10 Å². The van der Waals surface area contributed by atoms with Gasteiger partial charge in [0.2, 0.25) is 0 Å². The molecule has 1 aromatic carbocycles. The molecule has 1 aliphatic carbocycles. The largest absolute Gasteiger partial charge is 0.396 e. The fourth-order valence-corrected chi connectivity index (χ4v) is 2.31. The smallest absolute Gasteiger partial charge is 0.182 e. The Bertz CT molecular complexity index is 619. The molecule has 5 nitrogen and oxygen atoms in total. The highest BCUT2D eigenvalue weighted by atomic mass is 19.1. The maximum absolute atomic E-state index is 13.2. The number of hydrogen-bond acceptors (Lipinski definition) is 4. The number of tetrazole rings is 1. The van der Waals surface area contributed by atoms with Crippen LogP contribution in [0.2, 0.25) is 0 Å². The van der Waals surface area contributed by atoms with Crippen LogP contribution in [0.5, 0.6) is 0 Å². The number of rotatable bonds is 3. The van der Waals surface area contributed by atoms with Crippen molar-refractivity contribution in [1.82, 2.24) is 20.2 Å². The zero-order chi connectivity index (χ0) is 13.6. The molecular formula is C13H16FN5. The zero-order valence-corrected chi connectivity index (χ0v) is 11.0. The van der Waals surface area contributed by atoms with E-state index in [0.717, 1.165) is 12.1 Å². The Labute approximate surface area is 110 Å². The van der Waals surface area contributed by atoms with E-state index in [4.69, 9.17) is 5.73 Å². The molecule has 19 heavy (non-hydrogen) atoms. The summed E-state index contributed by atoms with van der Waals surface area (Å²) in [5, 5.41) is 11.7. The van der Waals surface area contributed by atoms with Gasteiger partial charge in [0, 0.05) is 12.1 Å². The first-order valence-electron chi connectivity index (χ1n) is 6.29. The fraction of sp³-hybridized carbons (Fsp3) is 0.462. The summed E-state index contributed by atoms with van der Waals surface area (Å²) in [4.78, 5) is 0. The fourth-order valence-electron chi connectivity index (χ4n) is 2.31. The molecule has 6 heteroatoms. The van der Waals surface area contributed by atoms with Gasteiger partial charge in [-0.25, -0.2) is 9.07 Å². The Balaban J connectivity index is 1.89. The topological polar surface area (TPSA) is 69.6 Å². The van der Waals surface area contributed by atoms with Gasteiger partial charge < -0.3 is 5.73 Å². The number of nitrogens with zero attached hydrogens (tertiary/aromatic N) is 4. The number of aromatic nitrogens is 4. The lowest BCUT2D eigenvalue weighted by atomic mass is 10.1. The zero-order valence-electron chi connectivity index (χ0n) is 11.0. The molecule has 1 unspecified atom stereocenters. The lowest BCUT2D eigenvalue weighted by molar-refractivity contribution is 0.467. The third kappa shape index (κ3) is 2.18. The van der Waals surface area contributed by atoms with Crippen molar-refractivity contribution in [2.45, 2.75) is 26.8 Å². The number of anilines is 1. The summed E-state index contributed by atoms with van der Waals surface area (Å²) in [5.41, 5.74) is 6.80. The van der Waals surface area contributed by atoms with Crippen LogP contribution < -0.4 is 5.73 Å². The minimum Gasteiger partial charge on any atom is -0.396 e. The highest BCUT2D eigenvalue weighted by Gasteiger charge is 2.46. The minimum absolute atomic E-state index is 0.110. The van der Waals surface area contributed by atoms with Gasteiger partial charge in [0.15, 0.2) is 5.82 Å². The van der Waals surface area contributed by atoms with Gasteiger partial charge in [-0.05, 0) is 46.4 Å². The summed E-state index contributed by atoms with van der Waals surface area (Å²) in [6.45, 7) is 5.25. The molecule has 1 heterocycles. The van der Waals surface area contributed by atoms with E-state index in [2.05, 4.69) is 29.4 Å². The summed E-state index contributed by atoms with van der Waals surface area (Å²) in [6.07, 6.45) is 1.18. The molecule has 0 aliphatic heterocycles. The number of hydrogen-bond donors (Lipinski definition) is 1. The maximum atomic E-state index is 13.2. The first kappa shape index (κ1) is 12.1. The third-order valence-corrected chi connectivity index (χ3v) is 3.90. The first-order chi connectivity index (χ1) is 8.97. The standard InChI is InChI=1S/C13H16FN5/c1-13(2)6-9(13)7-19-12(16-17-18-19)8-3-4-10(14)11(15)5-8/h3-5,9H,6-7,15H2,1-2H3. The first-order valence-corrected chi connectivity index (χ1v) is 6.29. The van der Waals surface area contributed by atoms with Crippen molar-refractivity contribution in [3.8, 4) is 11.4 Å². The SMILES string of the molecule is CC1(C)CC1Cn1nnnc1-c1ccc(F)c(N)c1. The molecule has 1 atom stereocenters. The van der Waals surface area contributed by atoms with Crippen LogP contribution in [0.25, 0.3) is 11.4 Å². The monoisotopic (exact) mass is 261 g/mol. The lowest BCUT2D eigenvalue weighted by Gasteiger charge is -2.07. The van der Waals surface area contributed by atoms with Crippen LogP contribution in [0, 0.1) is 17.2 Å². The molecule has 1 aromatic heterocycles. The summed E-state index contributed by atoms with van der Waals surface area (Å²) in [5.74, 6) is 0.799. The molecule has 3 rings (SSSR count). The van der Waals surface area contributed by atoms with E-state index >= 15 is 0 Å². The average molecular weight is 261 g/mol. The van der Waals surface area contributed by atoms with Gasteiger partial charge >= 0.3 is 0 Å². The second kappa shape index (κ2) is 4.01. The molecule has 0 amide bonds. The Morgan fingerprint density at radius 1 is 1.47 bits per heavy atom. The minimum atomic E-state index is -0.425. The predicted molar refractivity (Wildman–Crippen MR) is 69.5 cm³/mol. The number of halogens is 1. The average Bonchev–Trinajstić information content (AvgIpc) is 2.75. The maximum Gasteiger partial charge on any atom is 0.182 e.